The summed E-state index contributed by atoms with van der Waals surface area (Å²) in [7, 11) is 0. The average Bonchev–Trinajstić information content (AvgIpc) is 3.04. The standard InChI is InChI=1S/C17H18N4O/c22-12-15-5-2-1-4-13(15)8-19-10-16-11-20-21-17(16)14-6-3-7-18-9-14/h1-7,9,11,19,22H,8,10,12H2,(H,20,21). The number of aliphatic hydroxyl groups is 1. The number of hydrogen-bond donors (Lipinski definition) is 3. The minimum atomic E-state index is 0.0600. The van der Waals surface area contributed by atoms with Crippen molar-refractivity contribution < 1.29 is 5.11 Å². The van der Waals surface area contributed by atoms with Gasteiger partial charge in [-0.05, 0) is 23.3 Å². The highest BCUT2D eigenvalue weighted by Gasteiger charge is 2.07. The van der Waals surface area contributed by atoms with Crippen LogP contribution in [0.1, 0.15) is 16.7 Å². The van der Waals surface area contributed by atoms with Gasteiger partial charge in [-0.15, -0.1) is 0 Å². The molecule has 3 rings (SSSR count). The Morgan fingerprint density at radius 2 is 1.77 bits per heavy atom. The Balaban J connectivity index is 1.67. The monoisotopic (exact) mass is 294 g/mol. The minimum absolute atomic E-state index is 0.0600. The van der Waals surface area contributed by atoms with Gasteiger partial charge >= 0.3 is 0 Å². The molecule has 3 aromatic rings. The lowest BCUT2D eigenvalue weighted by atomic mass is 10.1. The molecule has 22 heavy (non-hydrogen) atoms. The molecule has 1 aromatic carbocycles. The summed E-state index contributed by atoms with van der Waals surface area (Å²) in [5.41, 5.74) is 5.16. The highest BCUT2D eigenvalue weighted by molar-refractivity contribution is 5.61. The molecule has 0 atom stereocenters. The predicted molar refractivity (Wildman–Crippen MR) is 84.7 cm³/mol. The highest BCUT2D eigenvalue weighted by atomic mass is 16.3. The van der Waals surface area contributed by atoms with Crippen LogP contribution < -0.4 is 5.32 Å². The first-order valence-corrected chi connectivity index (χ1v) is 7.19. The first-order chi connectivity index (χ1) is 10.9. The summed E-state index contributed by atoms with van der Waals surface area (Å²) < 4.78 is 0. The number of aliphatic hydroxyl groups excluding tert-OH is 1. The first-order valence-electron chi connectivity index (χ1n) is 7.19. The second-order valence-corrected chi connectivity index (χ2v) is 5.04. The van der Waals surface area contributed by atoms with E-state index >= 15 is 0 Å². The predicted octanol–water partition coefficient (Wildman–Crippen LogP) is 2.25. The summed E-state index contributed by atoms with van der Waals surface area (Å²) in [6.45, 7) is 1.46. The van der Waals surface area contributed by atoms with Crippen molar-refractivity contribution in [2.75, 3.05) is 0 Å². The molecule has 112 valence electrons. The van der Waals surface area contributed by atoms with Crippen LogP contribution in [0.4, 0.5) is 0 Å². The van der Waals surface area contributed by atoms with Crippen LogP contribution in [0.25, 0.3) is 11.3 Å². The maximum atomic E-state index is 9.34. The molecule has 5 nitrogen and oxygen atoms in total. The second-order valence-electron chi connectivity index (χ2n) is 5.04. The average molecular weight is 294 g/mol. The Labute approximate surface area is 129 Å². The Kier molecular flexibility index (Phi) is 4.58. The number of pyridine rings is 1. The number of rotatable bonds is 6. The first kappa shape index (κ1) is 14.4. The molecule has 2 heterocycles. The van der Waals surface area contributed by atoms with E-state index in [1.54, 1.807) is 6.20 Å². The van der Waals surface area contributed by atoms with Gasteiger partial charge in [0.1, 0.15) is 0 Å². The van der Waals surface area contributed by atoms with Crippen LogP contribution in [-0.4, -0.2) is 20.3 Å². The van der Waals surface area contributed by atoms with Crippen LogP contribution in [0.3, 0.4) is 0 Å². The summed E-state index contributed by atoms with van der Waals surface area (Å²) in [5.74, 6) is 0. The van der Waals surface area contributed by atoms with Crippen molar-refractivity contribution >= 4 is 0 Å². The summed E-state index contributed by atoms with van der Waals surface area (Å²) in [5, 5.41) is 19.9. The Morgan fingerprint density at radius 3 is 2.55 bits per heavy atom. The smallest absolute Gasteiger partial charge is 0.0710 e. The molecule has 2 aromatic heterocycles. The summed E-state index contributed by atoms with van der Waals surface area (Å²) >= 11 is 0. The lowest BCUT2D eigenvalue weighted by Crippen LogP contribution is -2.14. The van der Waals surface area contributed by atoms with Gasteiger partial charge in [0.15, 0.2) is 0 Å². The summed E-state index contributed by atoms with van der Waals surface area (Å²) in [6.07, 6.45) is 5.40. The number of H-pyrrole nitrogens is 1. The third kappa shape index (κ3) is 3.21. The van der Waals surface area contributed by atoms with Gasteiger partial charge in [-0.3, -0.25) is 10.1 Å². The molecule has 0 saturated carbocycles. The normalized spacial score (nSPS) is 10.8. The van der Waals surface area contributed by atoms with E-state index in [0.717, 1.165) is 27.9 Å². The topological polar surface area (TPSA) is 73.8 Å². The van der Waals surface area contributed by atoms with Crippen molar-refractivity contribution in [2.24, 2.45) is 0 Å². The minimum Gasteiger partial charge on any atom is -0.392 e. The molecule has 0 aliphatic carbocycles. The Bertz CT molecular complexity index is 724. The fourth-order valence-corrected chi connectivity index (χ4v) is 2.42. The van der Waals surface area contributed by atoms with Gasteiger partial charge in [-0.2, -0.15) is 5.10 Å². The summed E-state index contributed by atoms with van der Waals surface area (Å²) in [6, 6.07) is 11.8. The molecule has 0 bridgehead atoms. The number of hydrogen-bond acceptors (Lipinski definition) is 4. The molecular formula is C17H18N4O. The number of nitrogens with one attached hydrogen (secondary N) is 2. The van der Waals surface area contributed by atoms with Crippen molar-refractivity contribution in [3.63, 3.8) is 0 Å². The van der Waals surface area contributed by atoms with Crippen LogP contribution in [0.15, 0.2) is 55.0 Å². The molecule has 5 heteroatoms. The van der Waals surface area contributed by atoms with E-state index in [-0.39, 0.29) is 6.61 Å². The molecule has 0 spiro atoms. The van der Waals surface area contributed by atoms with Crippen LogP contribution in [-0.2, 0) is 19.7 Å². The van der Waals surface area contributed by atoms with Crippen LogP contribution in [0.2, 0.25) is 0 Å². The zero-order valence-electron chi connectivity index (χ0n) is 12.2. The Hall–Kier alpha value is -2.50. The molecule has 0 radical (unpaired) electrons. The van der Waals surface area contributed by atoms with Crippen molar-refractivity contribution in [1.29, 1.82) is 0 Å². The van der Waals surface area contributed by atoms with E-state index in [1.165, 1.54) is 0 Å². The van der Waals surface area contributed by atoms with E-state index in [0.29, 0.717) is 13.1 Å². The van der Waals surface area contributed by atoms with Gasteiger partial charge in [0.25, 0.3) is 0 Å². The SMILES string of the molecule is OCc1ccccc1CNCc1cn[nH]c1-c1cccnc1. The van der Waals surface area contributed by atoms with Crippen LogP contribution >= 0.6 is 0 Å². The molecule has 0 unspecified atom stereocenters. The fourth-order valence-electron chi connectivity index (χ4n) is 2.42. The molecular weight excluding hydrogens is 276 g/mol. The third-order valence-electron chi connectivity index (χ3n) is 3.59. The second kappa shape index (κ2) is 6.98. The van der Waals surface area contributed by atoms with Gasteiger partial charge in [-0.25, -0.2) is 0 Å². The summed E-state index contributed by atoms with van der Waals surface area (Å²) in [4.78, 5) is 4.14. The lowest BCUT2D eigenvalue weighted by molar-refractivity contribution is 0.280. The quantitative estimate of drug-likeness (QED) is 0.652. The maximum Gasteiger partial charge on any atom is 0.0710 e. The van der Waals surface area contributed by atoms with Crippen molar-refractivity contribution in [2.45, 2.75) is 19.7 Å². The van der Waals surface area contributed by atoms with Crippen molar-refractivity contribution in [3.05, 3.63) is 71.7 Å². The molecule has 0 aliphatic heterocycles. The zero-order valence-corrected chi connectivity index (χ0v) is 12.2. The van der Waals surface area contributed by atoms with Gasteiger partial charge in [-0.1, -0.05) is 24.3 Å². The zero-order chi connectivity index (χ0) is 15.2. The van der Waals surface area contributed by atoms with Gasteiger partial charge in [0.05, 0.1) is 18.5 Å². The number of aromatic nitrogens is 3. The number of nitrogens with zero attached hydrogens (tertiary/aromatic N) is 2. The van der Waals surface area contributed by atoms with E-state index in [1.807, 2.05) is 48.8 Å². The molecule has 0 amide bonds. The van der Waals surface area contributed by atoms with Gasteiger partial charge < -0.3 is 10.4 Å². The molecule has 3 N–H and O–H groups in total. The maximum absolute atomic E-state index is 9.34. The number of aromatic amines is 1. The Morgan fingerprint density at radius 1 is 0.955 bits per heavy atom. The lowest BCUT2D eigenvalue weighted by Gasteiger charge is -2.09. The largest absolute Gasteiger partial charge is 0.392 e. The van der Waals surface area contributed by atoms with Gasteiger partial charge in [0, 0.05) is 36.6 Å². The van der Waals surface area contributed by atoms with Gasteiger partial charge in [0.2, 0.25) is 0 Å². The van der Waals surface area contributed by atoms with E-state index in [4.69, 9.17) is 0 Å². The fraction of sp³-hybridized carbons (Fsp3) is 0.176. The molecule has 0 aliphatic rings. The highest BCUT2D eigenvalue weighted by Crippen LogP contribution is 2.19. The number of benzene rings is 1. The van der Waals surface area contributed by atoms with Crippen molar-refractivity contribution in [3.8, 4) is 11.3 Å². The third-order valence-corrected chi connectivity index (χ3v) is 3.59. The van der Waals surface area contributed by atoms with Crippen LogP contribution in [0.5, 0.6) is 0 Å². The molecule has 0 saturated heterocycles. The van der Waals surface area contributed by atoms with Crippen LogP contribution in [0, 0.1) is 0 Å². The van der Waals surface area contributed by atoms with E-state index < -0.39 is 0 Å². The van der Waals surface area contributed by atoms with E-state index in [2.05, 4.69) is 20.5 Å². The van der Waals surface area contributed by atoms with Crippen molar-refractivity contribution in [1.82, 2.24) is 20.5 Å². The molecule has 0 fully saturated rings. The van der Waals surface area contributed by atoms with E-state index in [9.17, 15) is 5.11 Å².